The zero-order chi connectivity index (χ0) is 24.8. The smallest absolute Gasteiger partial charge is 0.251 e. The van der Waals surface area contributed by atoms with Gasteiger partial charge in [0.25, 0.3) is 5.91 Å². The molecule has 0 spiro atoms. The Kier molecular flexibility index (Phi) is 7.35. The van der Waals surface area contributed by atoms with Crippen molar-refractivity contribution in [2.24, 2.45) is 4.99 Å². The molecule has 4 aromatic rings. The maximum atomic E-state index is 13.7. The van der Waals surface area contributed by atoms with E-state index in [1.165, 1.54) is 79.0 Å². The van der Waals surface area contributed by atoms with E-state index in [0.29, 0.717) is 16.7 Å². The standard InChI is InChI=1S/C28H20F4N2O/c29-22-9-1-18(2-10-22)17-33-26(19-3-11-23(30)12-4-19)27(20-5-13-24(31)14-6-20)34-28(35)21-7-15-25(32)16-8-21/h1-17,26-27H,(H,34,35)/b33-17-. The van der Waals surface area contributed by atoms with E-state index in [2.05, 4.69) is 10.3 Å². The number of hydrogen-bond acceptors (Lipinski definition) is 2. The van der Waals surface area contributed by atoms with Crippen molar-refractivity contribution in [2.45, 2.75) is 12.1 Å². The molecular formula is C28H20F4N2O. The summed E-state index contributed by atoms with van der Waals surface area (Å²) in [5, 5.41) is 2.90. The van der Waals surface area contributed by atoms with Gasteiger partial charge in [0.15, 0.2) is 0 Å². The molecule has 0 aliphatic rings. The van der Waals surface area contributed by atoms with Gasteiger partial charge in [0, 0.05) is 11.8 Å². The molecule has 0 radical (unpaired) electrons. The molecule has 0 aliphatic carbocycles. The molecule has 0 fully saturated rings. The molecule has 1 amide bonds. The average Bonchev–Trinajstić information content (AvgIpc) is 2.86. The highest BCUT2D eigenvalue weighted by Gasteiger charge is 2.27. The van der Waals surface area contributed by atoms with Crippen LogP contribution in [0.3, 0.4) is 0 Å². The van der Waals surface area contributed by atoms with Crippen molar-refractivity contribution in [2.75, 3.05) is 0 Å². The third-order valence-electron chi connectivity index (χ3n) is 5.40. The number of nitrogens with one attached hydrogen (secondary N) is 1. The first-order valence-corrected chi connectivity index (χ1v) is 10.7. The predicted molar refractivity (Wildman–Crippen MR) is 126 cm³/mol. The van der Waals surface area contributed by atoms with E-state index in [-0.39, 0.29) is 5.56 Å². The van der Waals surface area contributed by atoms with Gasteiger partial charge >= 0.3 is 0 Å². The molecule has 3 nitrogen and oxygen atoms in total. The van der Waals surface area contributed by atoms with Crippen LogP contribution in [0.5, 0.6) is 0 Å². The van der Waals surface area contributed by atoms with Crippen molar-refractivity contribution in [3.8, 4) is 0 Å². The number of carbonyl (C=O) groups excluding carboxylic acids is 1. The molecule has 0 aliphatic heterocycles. The normalized spacial score (nSPS) is 12.9. The highest BCUT2D eigenvalue weighted by atomic mass is 19.1. The summed E-state index contributed by atoms with van der Waals surface area (Å²) in [4.78, 5) is 17.7. The largest absolute Gasteiger partial charge is 0.343 e. The first-order valence-electron chi connectivity index (χ1n) is 10.7. The van der Waals surface area contributed by atoms with E-state index in [1.54, 1.807) is 24.3 Å². The fourth-order valence-corrected chi connectivity index (χ4v) is 3.58. The Morgan fingerprint density at radius 2 is 1.06 bits per heavy atom. The zero-order valence-corrected chi connectivity index (χ0v) is 18.3. The minimum atomic E-state index is -0.796. The maximum absolute atomic E-state index is 13.7. The van der Waals surface area contributed by atoms with Gasteiger partial charge in [-0.1, -0.05) is 36.4 Å². The molecular weight excluding hydrogens is 456 g/mol. The van der Waals surface area contributed by atoms with E-state index in [1.807, 2.05) is 0 Å². The third-order valence-corrected chi connectivity index (χ3v) is 5.40. The summed E-state index contributed by atoms with van der Waals surface area (Å²) in [6.07, 6.45) is 1.52. The lowest BCUT2D eigenvalue weighted by Gasteiger charge is -2.26. The van der Waals surface area contributed by atoms with Gasteiger partial charge in [0.2, 0.25) is 0 Å². The number of benzene rings is 4. The van der Waals surface area contributed by atoms with Crippen molar-refractivity contribution in [1.82, 2.24) is 5.32 Å². The second kappa shape index (κ2) is 10.8. The lowest BCUT2D eigenvalue weighted by molar-refractivity contribution is 0.0930. The molecule has 0 saturated heterocycles. The quantitative estimate of drug-likeness (QED) is 0.238. The summed E-state index contributed by atoms with van der Waals surface area (Å²) in [5.74, 6) is -2.27. The Morgan fingerprint density at radius 3 is 1.57 bits per heavy atom. The van der Waals surface area contributed by atoms with Crippen LogP contribution in [0.4, 0.5) is 17.6 Å². The van der Waals surface area contributed by atoms with Gasteiger partial charge < -0.3 is 5.32 Å². The van der Waals surface area contributed by atoms with Gasteiger partial charge in [-0.15, -0.1) is 0 Å². The Balaban J connectivity index is 1.76. The minimum Gasteiger partial charge on any atom is -0.343 e. The van der Waals surface area contributed by atoms with E-state index < -0.39 is 41.3 Å². The van der Waals surface area contributed by atoms with Gasteiger partial charge in [-0.25, -0.2) is 17.6 Å². The molecule has 2 unspecified atom stereocenters. The number of amides is 1. The molecule has 1 N–H and O–H groups in total. The number of hydrogen-bond donors (Lipinski definition) is 1. The predicted octanol–water partition coefficient (Wildman–Crippen LogP) is 6.57. The highest BCUT2D eigenvalue weighted by Crippen LogP contribution is 2.33. The summed E-state index contributed by atoms with van der Waals surface area (Å²) < 4.78 is 54.0. The highest BCUT2D eigenvalue weighted by molar-refractivity contribution is 5.94. The van der Waals surface area contributed by atoms with Crippen LogP contribution in [-0.4, -0.2) is 12.1 Å². The molecule has 176 valence electrons. The first-order chi connectivity index (χ1) is 16.9. The summed E-state index contributed by atoms with van der Waals surface area (Å²) in [6.45, 7) is 0. The van der Waals surface area contributed by atoms with Gasteiger partial charge in [-0.3, -0.25) is 9.79 Å². The topological polar surface area (TPSA) is 41.5 Å². The SMILES string of the molecule is O=C(NC(c1ccc(F)cc1)C(/N=C\c1ccc(F)cc1)c1ccc(F)cc1)c1ccc(F)cc1. The fourth-order valence-electron chi connectivity index (χ4n) is 3.58. The molecule has 7 heteroatoms. The van der Waals surface area contributed by atoms with Crippen LogP contribution in [-0.2, 0) is 0 Å². The van der Waals surface area contributed by atoms with Crippen molar-refractivity contribution in [3.63, 3.8) is 0 Å². The second-order valence-electron chi connectivity index (χ2n) is 7.84. The summed E-state index contributed by atoms with van der Waals surface area (Å²) in [5.41, 5.74) is 1.96. The Bertz CT molecular complexity index is 1300. The Morgan fingerprint density at radius 1 is 0.629 bits per heavy atom. The van der Waals surface area contributed by atoms with Crippen molar-refractivity contribution < 1.29 is 22.4 Å². The van der Waals surface area contributed by atoms with Gasteiger partial charge in [0.1, 0.15) is 23.3 Å². The van der Waals surface area contributed by atoms with Crippen molar-refractivity contribution >= 4 is 12.1 Å². The second-order valence-corrected chi connectivity index (χ2v) is 7.84. The number of rotatable bonds is 7. The molecule has 4 aromatic carbocycles. The van der Waals surface area contributed by atoms with E-state index in [4.69, 9.17) is 0 Å². The monoisotopic (exact) mass is 476 g/mol. The van der Waals surface area contributed by atoms with Crippen LogP contribution < -0.4 is 5.32 Å². The van der Waals surface area contributed by atoms with Crippen LogP contribution in [0.15, 0.2) is 102 Å². The van der Waals surface area contributed by atoms with E-state index in [9.17, 15) is 22.4 Å². The minimum absolute atomic E-state index is 0.221. The number of halogens is 4. The fraction of sp³-hybridized carbons (Fsp3) is 0.0714. The lowest BCUT2D eigenvalue weighted by Crippen LogP contribution is -2.32. The summed E-state index contributed by atoms with van der Waals surface area (Å²) in [7, 11) is 0. The van der Waals surface area contributed by atoms with Crippen molar-refractivity contribution in [1.29, 1.82) is 0 Å². The summed E-state index contributed by atoms with van der Waals surface area (Å²) >= 11 is 0. The Labute approximate surface area is 199 Å². The van der Waals surface area contributed by atoms with Crippen LogP contribution in [0, 0.1) is 23.3 Å². The molecule has 0 saturated carbocycles. The number of aliphatic imine (C=N–C) groups is 1. The average molecular weight is 476 g/mol. The van der Waals surface area contributed by atoms with Gasteiger partial charge in [-0.05, 0) is 77.4 Å². The first kappa shape index (κ1) is 23.9. The molecule has 0 bridgehead atoms. The van der Waals surface area contributed by atoms with Crippen LogP contribution in [0.25, 0.3) is 0 Å². The zero-order valence-electron chi connectivity index (χ0n) is 18.3. The summed E-state index contributed by atoms with van der Waals surface area (Å²) in [6, 6.07) is 20.4. The van der Waals surface area contributed by atoms with Crippen molar-refractivity contribution in [3.05, 3.63) is 143 Å². The Hall–Kier alpha value is -4.26. The number of carbonyl (C=O) groups is 1. The molecule has 0 aromatic heterocycles. The maximum Gasteiger partial charge on any atom is 0.251 e. The molecule has 0 heterocycles. The third kappa shape index (κ3) is 6.20. The molecule has 35 heavy (non-hydrogen) atoms. The lowest BCUT2D eigenvalue weighted by atomic mass is 9.93. The van der Waals surface area contributed by atoms with E-state index in [0.717, 1.165) is 0 Å². The van der Waals surface area contributed by atoms with Crippen LogP contribution >= 0.6 is 0 Å². The molecule has 2 atom stereocenters. The van der Waals surface area contributed by atoms with Gasteiger partial charge in [0.05, 0.1) is 12.1 Å². The number of nitrogens with zero attached hydrogens (tertiary/aromatic N) is 1. The van der Waals surface area contributed by atoms with Crippen LogP contribution in [0.1, 0.15) is 39.1 Å². The van der Waals surface area contributed by atoms with Crippen LogP contribution in [0.2, 0.25) is 0 Å². The molecule has 4 rings (SSSR count). The van der Waals surface area contributed by atoms with E-state index >= 15 is 0 Å². The van der Waals surface area contributed by atoms with Gasteiger partial charge in [-0.2, -0.15) is 0 Å².